The van der Waals surface area contributed by atoms with Gasteiger partial charge in [-0.05, 0) is 44.6 Å². The molecule has 0 fully saturated rings. The lowest BCUT2D eigenvalue weighted by Gasteiger charge is -2.27. The van der Waals surface area contributed by atoms with Gasteiger partial charge in [-0.15, -0.1) is 11.3 Å². The van der Waals surface area contributed by atoms with Gasteiger partial charge in [0.25, 0.3) is 5.91 Å². The lowest BCUT2D eigenvalue weighted by atomic mass is 10.0. The van der Waals surface area contributed by atoms with Crippen molar-refractivity contribution in [3.63, 3.8) is 0 Å². The lowest BCUT2D eigenvalue weighted by Crippen LogP contribution is -2.49. The summed E-state index contributed by atoms with van der Waals surface area (Å²) in [4.78, 5) is 51.8. The molecule has 1 aliphatic heterocycles. The van der Waals surface area contributed by atoms with Crippen molar-refractivity contribution in [1.29, 1.82) is 0 Å². The summed E-state index contributed by atoms with van der Waals surface area (Å²) in [6.07, 6.45) is 3.18. The van der Waals surface area contributed by atoms with Crippen LogP contribution in [0.3, 0.4) is 0 Å². The van der Waals surface area contributed by atoms with Crippen LogP contribution in [0.4, 0.5) is 0 Å². The first-order valence-corrected chi connectivity index (χ1v) is 16.2. The van der Waals surface area contributed by atoms with E-state index in [9.17, 15) is 14.4 Å². The van der Waals surface area contributed by atoms with Crippen molar-refractivity contribution >= 4 is 40.8 Å². The highest BCUT2D eigenvalue weighted by Crippen LogP contribution is 2.25. The van der Waals surface area contributed by atoms with Crippen molar-refractivity contribution in [2.24, 2.45) is 5.92 Å². The monoisotopic (exact) mass is 597 g/mol. The standard InChI is InChI=1S/C29H39N7O3S2/c1-18(2)24-27-33-26(21-10-7-6-8-11-21)34-36(27)16-15-35(29(39)25-19(3)30-20(4)41-25)14-9-12-23(37)31-22(13-17-40-5)28(38)32-24/h6-8,10-11,18,22,24H,9,12-17H2,1-5H3,(H,31,37)(H,32,38)/t22-,24+/m0/s1. The molecule has 0 radical (unpaired) electrons. The van der Waals surface area contributed by atoms with Crippen LogP contribution in [-0.2, 0) is 16.1 Å². The molecule has 220 valence electrons. The number of nitrogens with zero attached hydrogens (tertiary/aromatic N) is 5. The Balaban J connectivity index is 1.74. The van der Waals surface area contributed by atoms with E-state index < -0.39 is 12.1 Å². The fourth-order valence-corrected chi connectivity index (χ4v) is 6.21. The number of thiazole rings is 1. The molecular weight excluding hydrogens is 558 g/mol. The summed E-state index contributed by atoms with van der Waals surface area (Å²) < 4.78 is 1.82. The molecule has 2 aromatic heterocycles. The maximum Gasteiger partial charge on any atom is 0.265 e. The van der Waals surface area contributed by atoms with Gasteiger partial charge in [-0.25, -0.2) is 14.6 Å². The Morgan fingerprint density at radius 3 is 2.51 bits per heavy atom. The maximum absolute atomic E-state index is 13.7. The van der Waals surface area contributed by atoms with E-state index in [4.69, 9.17) is 10.1 Å². The molecule has 0 bridgehead atoms. The number of fused-ring (bicyclic) bond motifs is 1. The molecule has 10 nitrogen and oxygen atoms in total. The number of aromatic nitrogens is 4. The largest absolute Gasteiger partial charge is 0.344 e. The van der Waals surface area contributed by atoms with Crippen molar-refractivity contribution < 1.29 is 14.4 Å². The van der Waals surface area contributed by atoms with Crippen LogP contribution in [0.1, 0.15) is 65.3 Å². The van der Waals surface area contributed by atoms with E-state index in [1.54, 1.807) is 16.7 Å². The van der Waals surface area contributed by atoms with Crippen molar-refractivity contribution in [3.8, 4) is 11.4 Å². The number of nitrogens with one attached hydrogen (secondary N) is 2. The summed E-state index contributed by atoms with van der Waals surface area (Å²) in [6, 6.07) is 8.61. The zero-order chi connectivity index (χ0) is 29.5. The molecule has 3 aromatic rings. The Labute approximate surface area is 249 Å². The van der Waals surface area contributed by atoms with Gasteiger partial charge in [0.2, 0.25) is 11.8 Å². The smallest absolute Gasteiger partial charge is 0.265 e. The lowest BCUT2D eigenvalue weighted by molar-refractivity contribution is -0.129. The number of aryl methyl sites for hydroxylation is 2. The van der Waals surface area contributed by atoms with Gasteiger partial charge in [0.05, 0.1) is 23.3 Å². The normalized spacial score (nSPS) is 18.9. The molecule has 1 aromatic carbocycles. The second-order valence-corrected chi connectivity index (χ2v) is 12.7. The number of hydrogen-bond acceptors (Lipinski definition) is 8. The maximum atomic E-state index is 13.7. The average molecular weight is 598 g/mol. The number of thioether (sulfide) groups is 1. The topological polar surface area (TPSA) is 122 Å². The predicted octanol–water partition coefficient (Wildman–Crippen LogP) is 4.01. The average Bonchev–Trinajstić information content (AvgIpc) is 3.52. The Morgan fingerprint density at radius 1 is 1.10 bits per heavy atom. The SMILES string of the molecule is CSCC[C@@H]1NC(=O)CCCN(C(=O)c2sc(C)nc2C)CCn2nc(-c3ccccc3)nc2[C@@H](C(C)C)NC1=O. The zero-order valence-electron chi connectivity index (χ0n) is 24.3. The summed E-state index contributed by atoms with van der Waals surface area (Å²) >= 11 is 3.01. The fraction of sp³-hybridized carbons (Fsp3) is 0.517. The number of carbonyl (C=O) groups excluding carboxylic acids is 3. The third-order valence-electron chi connectivity index (χ3n) is 7.04. The minimum absolute atomic E-state index is 0.00381. The van der Waals surface area contributed by atoms with Crippen LogP contribution in [0.25, 0.3) is 11.4 Å². The van der Waals surface area contributed by atoms with Crippen LogP contribution >= 0.6 is 23.1 Å². The Morgan fingerprint density at radius 2 is 1.85 bits per heavy atom. The molecule has 0 saturated heterocycles. The first-order chi connectivity index (χ1) is 19.7. The molecule has 41 heavy (non-hydrogen) atoms. The minimum atomic E-state index is -0.662. The molecule has 12 heteroatoms. The van der Waals surface area contributed by atoms with Crippen molar-refractivity contribution in [1.82, 2.24) is 35.3 Å². The van der Waals surface area contributed by atoms with Crippen LogP contribution in [0.2, 0.25) is 0 Å². The highest BCUT2D eigenvalue weighted by Gasteiger charge is 2.30. The third kappa shape index (κ3) is 7.73. The van der Waals surface area contributed by atoms with Gasteiger partial charge in [0.1, 0.15) is 10.9 Å². The molecular formula is C29H39N7O3S2. The number of amides is 3. The number of hydrogen-bond donors (Lipinski definition) is 2. The predicted molar refractivity (Wildman–Crippen MR) is 163 cm³/mol. The Kier molecular flexibility index (Phi) is 10.5. The number of benzene rings is 1. The molecule has 3 amide bonds. The molecule has 0 spiro atoms. The van der Waals surface area contributed by atoms with Crippen molar-refractivity contribution in [2.75, 3.05) is 25.1 Å². The second-order valence-electron chi connectivity index (χ2n) is 10.6. The third-order valence-corrected chi connectivity index (χ3v) is 8.74. The van der Waals surface area contributed by atoms with Gasteiger partial charge in [-0.2, -0.15) is 16.9 Å². The van der Waals surface area contributed by atoms with Crippen LogP contribution in [-0.4, -0.2) is 73.5 Å². The van der Waals surface area contributed by atoms with E-state index in [0.717, 1.165) is 16.3 Å². The van der Waals surface area contributed by atoms with E-state index in [-0.39, 0.29) is 30.1 Å². The quantitative estimate of drug-likeness (QED) is 0.440. The summed E-state index contributed by atoms with van der Waals surface area (Å²) in [7, 11) is 0. The van der Waals surface area contributed by atoms with E-state index in [0.29, 0.717) is 54.7 Å². The Hall–Kier alpha value is -3.25. The Bertz CT molecular complexity index is 1360. The first kappa shape index (κ1) is 30.7. The van der Waals surface area contributed by atoms with E-state index in [2.05, 4.69) is 15.6 Å². The number of rotatable bonds is 6. The number of carbonyl (C=O) groups is 3. The molecule has 4 rings (SSSR count). The summed E-state index contributed by atoms with van der Waals surface area (Å²) in [5, 5.41) is 11.8. The highest BCUT2D eigenvalue weighted by molar-refractivity contribution is 7.98. The molecule has 3 heterocycles. The van der Waals surface area contributed by atoms with Crippen LogP contribution < -0.4 is 10.6 Å². The van der Waals surface area contributed by atoms with Crippen molar-refractivity contribution in [3.05, 3.63) is 51.7 Å². The summed E-state index contributed by atoms with van der Waals surface area (Å²) in [6.45, 7) is 8.94. The second kappa shape index (κ2) is 14.1. The van der Waals surface area contributed by atoms with Gasteiger partial charge >= 0.3 is 0 Å². The van der Waals surface area contributed by atoms with Gasteiger partial charge in [-0.3, -0.25) is 14.4 Å². The zero-order valence-corrected chi connectivity index (χ0v) is 26.0. The van der Waals surface area contributed by atoms with E-state index >= 15 is 0 Å². The van der Waals surface area contributed by atoms with Gasteiger partial charge in [0, 0.05) is 25.1 Å². The highest BCUT2D eigenvalue weighted by atomic mass is 32.2. The first-order valence-electron chi connectivity index (χ1n) is 14.0. The van der Waals surface area contributed by atoms with Gasteiger partial charge in [-0.1, -0.05) is 44.2 Å². The fourth-order valence-electron chi connectivity index (χ4n) is 4.85. The molecule has 2 atom stereocenters. The van der Waals surface area contributed by atoms with Crippen LogP contribution in [0.5, 0.6) is 0 Å². The van der Waals surface area contributed by atoms with E-state index in [1.165, 1.54) is 11.3 Å². The van der Waals surface area contributed by atoms with Crippen LogP contribution in [0, 0.1) is 19.8 Å². The summed E-state index contributed by atoms with van der Waals surface area (Å²) in [5.41, 5.74) is 1.58. The molecule has 1 aliphatic rings. The minimum Gasteiger partial charge on any atom is -0.344 e. The van der Waals surface area contributed by atoms with Gasteiger partial charge < -0.3 is 15.5 Å². The summed E-state index contributed by atoms with van der Waals surface area (Å²) in [5.74, 6) is 1.38. The van der Waals surface area contributed by atoms with E-state index in [1.807, 2.05) is 69.0 Å². The van der Waals surface area contributed by atoms with Crippen LogP contribution in [0.15, 0.2) is 30.3 Å². The molecule has 0 unspecified atom stereocenters. The molecule has 0 saturated carbocycles. The van der Waals surface area contributed by atoms with Gasteiger partial charge in [0.15, 0.2) is 11.6 Å². The molecule has 0 aliphatic carbocycles. The molecule has 2 N–H and O–H groups in total. The van der Waals surface area contributed by atoms with Crippen molar-refractivity contribution in [2.45, 2.75) is 65.6 Å².